The molecule has 198 valence electrons. The summed E-state index contributed by atoms with van der Waals surface area (Å²) in [6.07, 6.45) is 0.712. The minimum absolute atomic E-state index is 0.0917. The highest BCUT2D eigenvalue weighted by atomic mass is 19.4. The molecule has 0 saturated heterocycles. The number of carboxylic acids is 1. The predicted octanol–water partition coefficient (Wildman–Crippen LogP) is 5.88. The maximum atomic E-state index is 13.5. The van der Waals surface area contributed by atoms with Crippen molar-refractivity contribution in [2.24, 2.45) is 16.5 Å². The lowest BCUT2D eigenvalue weighted by Crippen LogP contribution is -2.32. The molecule has 5 rings (SSSR count). The molecule has 1 atom stereocenters. The summed E-state index contributed by atoms with van der Waals surface area (Å²) in [4.78, 5) is 16.8. The Morgan fingerprint density at radius 1 is 1.16 bits per heavy atom. The van der Waals surface area contributed by atoms with Crippen LogP contribution in [-0.4, -0.2) is 29.9 Å². The number of aliphatic carboxylic acids is 1. The van der Waals surface area contributed by atoms with E-state index in [2.05, 4.69) is 16.5 Å². The number of nitrogens with zero attached hydrogens (tertiary/aromatic N) is 1. The number of benzene rings is 2. The van der Waals surface area contributed by atoms with Crippen molar-refractivity contribution < 1.29 is 32.6 Å². The van der Waals surface area contributed by atoms with Crippen molar-refractivity contribution in [2.45, 2.75) is 64.3 Å². The summed E-state index contributed by atoms with van der Waals surface area (Å²) in [6.45, 7) is 2.49. The van der Waals surface area contributed by atoms with E-state index in [1.54, 1.807) is 13.0 Å². The molecule has 2 aromatic carbocycles. The van der Waals surface area contributed by atoms with Gasteiger partial charge in [-0.05, 0) is 91.8 Å². The van der Waals surface area contributed by atoms with Gasteiger partial charge in [0.2, 0.25) is 0 Å². The Bertz CT molecular complexity index is 1200. The van der Waals surface area contributed by atoms with E-state index in [0.717, 1.165) is 50.2 Å². The van der Waals surface area contributed by atoms with Crippen molar-refractivity contribution in [1.29, 1.82) is 0 Å². The molecule has 3 aliphatic rings. The average molecular weight is 517 g/mol. The van der Waals surface area contributed by atoms with E-state index < -0.39 is 23.1 Å². The summed E-state index contributed by atoms with van der Waals surface area (Å²) < 4.78 is 46.0. The van der Waals surface area contributed by atoms with Gasteiger partial charge in [-0.25, -0.2) is 0 Å². The molecule has 2 N–H and O–H groups in total. The van der Waals surface area contributed by atoms with E-state index >= 15 is 0 Å². The van der Waals surface area contributed by atoms with E-state index in [0.29, 0.717) is 30.3 Å². The lowest BCUT2D eigenvalue weighted by atomic mass is 10.0. The number of rotatable bonds is 11. The number of hydrogen-bond donors (Lipinski definition) is 2. The van der Waals surface area contributed by atoms with Crippen LogP contribution in [0.1, 0.15) is 72.9 Å². The number of carbonyl (C=O) groups is 1. The number of halogens is 3. The van der Waals surface area contributed by atoms with Crippen LogP contribution in [-0.2, 0) is 28.8 Å². The van der Waals surface area contributed by atoms with Crippen LogP contribution in [0.4, 0.5) is 13.2 Å². The van der Waals surface area contributed by atoms with Gasteiger partial charge in [0.15, 0.2) is 0 Å². The number of ether oxygens (including phenoxy) is 1. The van der Waals surface area contributed by atoms with Crippen molar-refractivity contribution in [3.63, 3.8) is 0 Å². The molecule has 1 unspecified atom stereocenters. The van der Waals surface area contributed by atoms with Gasteiger partial charge in [-0.2, -0.15) is 13.2 Å². The molecule has 0 bridgehead atoms. The van der Waals surface area contributed by atoms with Gasteiger partial charge in [-0.15, -0.1) is 0 Å². The zero-order valence-corrected chi connectivity index (χ0v) is 20.7. The van der Waals surface area contributed by atoms with Crippen molar-refractivity contribution in [2.75, 3.05) is 13.2 Å². The van der Waals surface area contributed by atoms with Crippen molar-refractivity contribution in [1.82, 2.24) is 5.32 Å². The largest absolute Gasteiger partial charge is 0.493 e. The molecule has 2 saturated carbocycles. The molecular formula is C28H31F3N2O4. The first-order chi connectivity index (χ1) is 17.6. The smallest absolute Gasteiger partial charge is 0.419 e. The Balaban J connectivity index is 1.19. The first kappa shape index (κ1) is 25.6. The second-order valence-corrected chi connectivity index (χ2v) is 10.5. The van der Waals surface area contributed by atoms with Crippen LogP contribution in [0.5, 0.6) is 5.75 Å². The van der Waals surface area contributed by atoms with Crippen molar-refractivity contribution >= 4 is 11.7 Å². The minimum Gasteiger partial charge on any atom is -0.493 e. The number of alkyl halides is 3. The fraction of sp³-hybridized carbons (Fsp3) is 0.500. The predicted molar refractivity (Wildman–Crippen MR) is 131 cm³/mol. The molecule has 37 heavy (non-hydrogen) atoms. The summed E-state index contributed by atoms with van der Waals surface area (Å²) >= 11 is 0. The van der Waals surface area contributed by atoms with Gasteiger partial charge in [-0.1, -0.05) is 23.4 Å². The van der Waals surface area contributed by atoms with E-state index in [9.17, 15) is 23.1 Å². The number of fused-ring (bicyclic) bond motifs is 1. The van der Waals surface area contributed by atoms with Gasteiger partial charge in [0.25, 0.3) is 0 Å². The average Bonchev–Trinajstić information content (AvgIpc) is 3.79. The highest BCUT2D eigenvalue weighted by Gasteiger charge is 2.50. The minimum atomic E-state index is -4.52. The Kier molecular flexibility index (Phi) is 6.91. The molecule has 0 amide bonds. The second-order valence-electron chi connectivity index (χ2n) is 10.5. The number of hydrogen-bond acceptors (Lipinski definition) is 5. The van der Waals surface area contributed by atoms with Gasteiger partial charge in [0.05, 0.1) is 23.3 Å². The van der Waals surface area contributed by atoms with Gasteiger partial charge < -0.3 is 20.0 Å². The van der Waals surface area contributed by atoms with Crippen LogP contribution < -0.4 is 10.1 Å². The first-order valence-electron chi connectivity index (χ1n) is 12.7. The SMILES string of the molecule is C/C(=N\OCc1ccc(OCC2CC2)c(C(F)(F)F)c1)c1ccc2c(c1)CCC2NCC1(C(=O)O)CC1. The summed E-state index contributed by atoms with van der Waals surface area (Å²) in [7, 11) is 0. The molecule has 0 aliphatic heterocycles. The molecule has 2 fully saturated rings. The van der Waals surface area contributed by atoms with Gasteiger partial charge in [0.1, 0.15) is 12.4 Å². The number of aryl methyl sites for hydroxylation is 1. The van der Waals surface area contributed by atoms with E-state index in [1.807, 2.05) is 12.1 Å². The molecule has 9 heteroatoms. The maximum absolute atomic E-state index is 13.5. The van der Waals surface area contributed by atoms with Crippen molar-refractivity contribution in [3.05, 3.63) is 64.2 Å². The molecule has 0 spiro atoms. The topological polar surface area (TPSA) is 80.2 Å². The van der Waals surface area contributed by atoms with Gasteiger partial charge in [-0.3, -0.25) is 4.79 Å². The second kappa shape index (κ2) is 10.0. The lowest BCUT2D eigenvalue weighted by molar-refractivity contribution is -0.143. The summed E-state index contributed by atoms with van der Waals surface area (Å²) in [6, 6.07) is 10.1. The third-order valence-electron chi connectivity index (χ3n) is 7.59. The fourth-order valence-corrected chi connectivity index (χ4v) is 4.75. The summed E-state index contributed by atoms with van der Waals surface area (Å²) in [5, 5.41) is 17.0. The molecule has 3 aliphatic carbocycles. The van der Waals surface area contributed by atoms with Crippen molar-refractivity contribution in [3.8, 4) is 5.75 Å². The summed E-state index contributed by atoms with van der Waals surface area (Å²) in [5.74, 6) is -0.522. The molecule has 0 heterocycles. The van der Waals surface area contributed by atoms with Gasteiger partial charge >= 0.3 is 12.1 Å². The van der Waals surface area contributed by atoms with Crippen LogP contribution in [0.25, 0.3) is 0 Å². The zero-order valence-electron chi connectivity index (χ0n) is 20.7. The quantitative estimate of drug-likeness (QED) is 0.288. The molecule has 0 radical (unpaired) electrons. The highest BCUT2D eigenvalue weighted by molar-refractivity contribution is 5.98. The molecular weight excluding hydrogens is 485 g/mol. The van der Waals surface area contributed by atoms with Crippen LogP contribution in [0.15, 0.2) is 41.6 Å². The molecule has 6 nitrogen and oxygen atoms in total. The Labute approximate surface area is 213 Å². The monoisotopic (exact) mass is 516 g/mol. The van der Waals surface area contributed by atoms with E-state index in [-0.39, 0.29) is 18.4 Å². The van der Waals surface area contributed by atoms with Crippen LogP contribution in [0.3, 0.4) is 0 Å². The number of oxime groups is 1. The Morgan fingerprint density at radius 3 is 2.62 bits per heavy atom. The Hall–Kier alpha value is -3.07. The van der Waals surface area contributed by atoms with Gasteiger partial charge in [0, 0.05) is 12.6 Å². The highest BCUT2D eigenvalue weighted by Crippen LogP contribution is 2.46. The zero-order chi connectivity index (χ0) is 26.2. The number of nitrogens with one attached hydrogen (secondary N) is 1. The molecule has 0 aromatic heterocycles. The lowest BCUT2D eigenvalue weighted by Gasteiger charge is -2.18. The third kappa shape index (κ3) is 5.92. The number of carboxylic acid groups (broad SMARTS) is 1. The normalized spacial score (nSPS) is 20.4. The fourth-order valence-electron chi connectivity index (χ4n) is 4.75. The van der Waals surface area contributed by atoms with E-state index in [1.165, 1.54) is 17.2 Å². The van der Waals surface area contributed by atoms with E-state index in [4.69, 9.17) is 9.57 Å². The molecule has 2 aromatic rings. The summed E-state index contributed by atoms with van der Waals surface area (Å²) in [5.41, 5.74) is 2.82. The van der Waals surface area contributed by atoms with Crippen LogP contribution >= 0.6 is 0 Å². The van der Waals surface area contributed by atoms with Crippen LogP contribution in [0, 0.1) is 11.3 Å². The first-order valence-corrected chi connectivity index (χ1v) is 12.7. The Morgan fingerprint density at radius 2 is 1.95 bits per heavy atom. The third-order valence-corrected chi connectivity index (χ3v) is 7.59. The van der Waals surface area contributed by atoms with Crippen LogP contribution in [0.2, 0.25) is 0 Å². The standard InChI is InChI=1S/C28H31F3N2O4/c1-17(20-5-7-22-21(13-20)6-8-24(22)32-16-27(10-11-27)26(34)35)33-37-15-19-4-9-25(36-14-18-2-3-18)23(12-19)28(29,30)31/h4-5,7,9,12-13,18,24,32H,2-3,6,8,10-11,14-16H2,1H3,(H,34,35)/b33-17+. The maximum Gasteiger partial charge on any atom is 0.419 e.